The Morgan fingerprint density at radius 1 is 0.500 bits per heavy atom. The van der Waals surface area contributed by atoms with Crippen LogP contribution in [-0.2, 0) is 0 Å². The van der Waals surface area contributed by atoms with Gasteiger partial charge in [0.1, 0.15) is 0 Å². The lowest BCUT2D eigenvalue weighted by Gasteiger charge is -2.40. The second-order valence-corrected chi connectivity index (χ2v) is 10.2. The van der Waals surface area contributed by atoms with Crippen molar-refractivity contribution in [1.82, 2.24) is 0 Å². The first-order valence-electron chi connectivity index (χ1n) is 13.4. The Bertz CT molecular complexity index is 1540. The molecule has 2 aliphatic carbocycles. The molecule has 0 heterocycles. The Hall–Kier alpha value is -3.52. The maximum absolute atomic E-state index is 14.2. The Balaban J connectivity index is 1.60. The average Bonchev–Trinajstić information content (AvgIpc) is 2.90. The van der Waals surface area contributed by atoms with E-state index >= 15 is 0 Å². The van der Waals surface area contributed by atoms with E-state index in [0.717, 1.165) is 47.2 Å². The van der Waals surface area contributed by atoms with Gasteiger partial charge < -0.3 is 0 Å². The first-order valence-corrected chi connectivity index (χ1v) is 13.4. The van der Waals surface area contributed by atoms with E-state index in [1.807, 2.05) is 12.1 Å². The predicted molar refractivity (Wildman–Crippen MR) is 150 cm³/mol. The maximum atomic E-state index is 14.2. The van der Waals surface area contributed by atoms with Crippen LogP contribution in [0.3, 0.4) is 0 Å². The van der Waals surface area contributed by atoms with Crippen LogP contribution >= 0.6 is 0 Å². The monoisotopic (exact) mass is 472 g/mol. The third-order valence-corrected chi connectivity index (χ3v) is 8.58. The molecule has 0 radical (unpaired) electrons. The molecular weight excluding hydrogens is 440 g/mol. The lowest BCUT2D eigenvalue weighted by Crippen LogP contribution is -2.41. The van der Waals surface area contributed by atoms with Gasteiger partial charge in [0.25, 0.3) is 0 Å². The molecule has 0 aliphatic heterocycles. The Morgan fingerprint density at radius 2 is 0.861 bits per heavy atom. The van der Waals surface area contributed by atoms with E-state index in [9.17, 15) is 9.59 Å². The highest BCUT2D eigenvalue weighted by Gasteiger charge is 2.47. The van der Waals surface area contributed by atoms with Gasteiger partial charge in [-0.3, -0.25) is 9.59 Å². The summed E-state index contributed by atoms with van der Waals surface area (Å²) in [7, 11) is 0. The zero-order valence-corrected chi connectivity index (χ0v) is 21.6. The molecule has 2 heteroatoms. The van der Waals surface area contributed by atoms with Crippen LogP contribution in [0.1, 0.15) is 74.1 Å². The lowest BCUT2D eigenvalue weighted by molar-refractivity contribution is 0.0779. The molecule has 6 rings (SSSR count). The molecule has 0 spiro atoms. The zero-order valence-electron chi connectivity index (χ0n) is 21.6. The molecule has 0 bridgehead atoms. The molecule has 0 aromatic heterocycles. The number of ketones is 2. The molecule has 0 fully saturated rings. The van der Waals surface area contributed by atoms with E-state index in [4.69, 9.17) is 0 Å². The summed E-state index contributed by atoms with van der Waals surface area (Å²) in [6.45, 7) is 8.63. The minimum atomic E-state index is -0.350. The smallest absolute Gasteiger partial charge is 0.171 e. The van der Waals surface area contributed by atoms with Gasteiger partial charge in [-0.25, -0.2) is 0 Å². The Labute approximate surface area is 212 Å². The first kappa shape index (κ1) is 22.9. The van der Waals surface area contributed by atoms with Crippen LogP contribution in [0.15, 0.2) is 83.0 Å². The van der Waals surface area contributed by atoms with Gasteiger partial charge in [0.05, 0.1) is 11.8 Å². The summed E-state index contributed by atoms with van der Waals surface area (Å²) in [5.41, 5.74) is 6.22. The molecule has 0 saturated heterocycles. The van der Waals surface area contributed by atoms with Crippen LogP contribution in [0.2, 0.25) is 0 Å². The molecule has 36 heavy (non-hydrogen) atoms. The lowest BCUT2D eigenvalue weighted by atomic mass is 9.61. The predicted octanol–water partition coefficient (Wildman–Crippen LogP) is 9.00. The molecule has 0 amide bonds. The highest BCUT2D eigenvalue weighted by atomic mass is 16.1. The van der Waals surface area contributed by atoms with Crippen molar-refractivity contribution in [1.29, 1.82) is 0 Å². The van der Waals surface area contributed by atoms with Gasteiger partial charge in [0, 0.05) is 11.1 Å². The van der Waals surface area contributed by atoms with E-state index in [1.54, 1.807) is 0 Å². The largest absolute Gasteiger partial charge is 0.293 e. The number of fused-ring (bicyclic) bond motifs is 5. The van der Waals surface area contributed by atoms with Crippen molar-refractivity contribution in [3.63, 3.8) is 0 Å². The number of hydrogen-bond donors (Lipinski definition) is 0. The molecule has 0 N–H and O–H groups in total. The van der Waals surface area contributed by atoms with Crippen LogP contribution in [0.5, 0.6) is 0 Å². The number of carbonyl (C=O) groups excluding carboxylic acids is 2. The van der Waals surface area contributed by atoms with Gasteiger partial charge in [-0.2, -0.15) is 0 Å². The van der Waals surface area contributed by atoms with Crippen LogP contribution < -0.4 is 0 Å². The number of benzene rings is 4. The van der Waals surface area contributed by atoms with Gasteiger partial charge in [0.2, 0.25) is 0 Å². The van der Waals surface area contributed by atoms with Crippen molar-refractivity contribution in [2.75, 3.05) is 0 Å². The van der Waals surface area contributed by atoms with E-state index in [0.29, 0.717) is 11.1 Å². The molecule has 4 aromatic rings. The van der Waals surface area contributed by atoms with Gasteiger partial charge >= 0.3 is 0 Å². The van der Waals surface area contributed by atoms with Crippen molar-refractivity contribution in [2.45, 2.75) is 53.4 Å². The van der Waals surface area contributed by atoms with Crippen LogP contribution in [-0.4, -0.2) is 11.6 Å². The third-order valence-electron chi connectivity index (χ3n) is 8.58. The summed E-state index contributed by atoms with van der Waals surface area (Å²) >= 11 is 0. The van der Waals surface area contributed by atoms with Crippen LogP contribution in [0, 0.1) is 11.8 Å². The summed E-state index contributed by atoms with van der Waals surface area (Å²) in [6.07, 6.45) is 3.44. The maximum Gasteiger partial charge on any atom is 0.171 e. The number of hydrogen-bond acceptors (Lipinski definition) is 2. The number of carbonyl (C=O) groups is 2. The highest BCUT2D eigenvalue weighted by Crippen LogP contribution is 2.49. The van der Waals surface area contributed by atoms with Gasteiger partial charge in [0.15, 0.2) is 11.6 Å². The van der Waals surface area contributed by atoms with Crippen molar-refractivity contribution in [3.8, 4) is 0 Å². The van der Waals surface area contributed by atoms with Crippen molar-refractivity contribution < 1.29 is 9.59 Å². The first-order chi connectivity index (χ1) is 17.5. The van der Waals surface area contributed by atoms with E-state index < -0.39 is 0 Å². The van der Waals surface area contributed by atoms with Crippen LogP contribution in [0.4, 0.5) is 0 Å². The summed E-state index contributed by atoms with van der Waals surface area (Å²) < 4.78 is 0. The molecule has 2 atom stereocenters. The molecule has 180 valence electrons. The van der Waals surface area contributed by atoms with Crippen molar-refractivity contribution in [2.24, 2.45) is 11.8 Å². The van der Waals surface area contributed by atoms with Gasteiger partial charge in [-0.05, 0) is 106 Å². The average molecular weight is 473 g/mol. The zero-order chi connectivity index (χ0) is 25.1. The van der Waals surface area contributed by atoms with Crippen LogP contribution in [0.25, 0.3) is 32.3 Å². The standard InChI is InChI=1S/C34H32O2/c1-5-25-26(6-2)28(8-4)32-31(27(25)7-3)33(35)29-17-23-15-21-13-19-11-9-10-12-20(19)14-22(21)16-24(23)18-30(29)34(32)36/h9-18,31-32H,5-8H2,1-4H3. The highest BCUT2D eigenvalue weighted by molar-refractivity contribution is 6.21. The summed E-state index contributed by atoms with van der Waals surface area (Å²) in [4.78, 5) is 28.3. The second-order valence-electron chi connectivity index (χ2n) is 10.2. The molecule has 2 nitrogen and oxygen atoms in total. The van der Waals surface area contributed by atoms with E-state index in [2.05, 4.69) is 76.2 Å². The van der Waals surface area contributed by atoms with Gasteiger partial charge in [-0.1, -0.05) is 63.1 Å². The Morgan fingerprint density at radius 3 is 1.22 bits per heavy atom. The summed E-state index contributed by atoms with van der Waals surface area (Å²) in [6, 6.07) is 21.1. The fraction of sp³-hybridized carbons (Fsp3) is 0.294. The minimum absolute atomic E-state index is 0.124. The molecule has 4 aromatic carbocycles. The van der Waals surface area contributed by atoms with E-state index in [1.165, 1.54) is 33.1 Å². The normalized spacial score (nSPS) is 20.0. The Kier molecular flexibility index (Phi) is 5.44. The van der Waals surface area contributed by atoms with E-state index in [-0.39, 0.29) is 23.4 Å². The fourth-order valence-electron chi connectivity index (χ4n) is 7.02. The minimum Gasteiger partial charge on any atom is -0.293 e. The quantitative estimate of drug-likeness (QED) is 0.278. The van der Waals surface area contributed by atoms with Gasteiger partial charge in [-0.15, -0.1) is 0 Å². The number of Topliss-reactive ketones (excluding diaryl/α,β-unsaturated/α-hetero) is 2. The fourth-order valence-corrected chi connectivity index (χ4v) is 7.02. The van der Waals surface area contributed by atoms with Crippen molar-refractivity contribution in [3.05, 3.63) is 94.1 Å². The van der Waals surface area contributed by atoms with Crippen molar-refractivity contribution >= 4 is 43.9 Å². The third kappa shape index (κ3) is 3.17. The topological polar surface area (TPSA) is 34.1 Å². The molecule has 2 unspecified atom stereocenters. The SMILES string of the molecule is CCC1=C(CC)C2C(=O)c3cc4cc5cc6ccccc6cc5cc4cc3C(=O)C2C(CC)=C1CC. The molecule has 0 saturated carbocycles. The number of rotatable bonds is 4. The second kappa shape index (κ2) is 8.55. The summed E-state index contributed by atoms with van der Waals surface area (Å²) in [5, 5.41) is 6.74. The molecular formula is C34H32O2. The summed E-state index contributed by atoms with van der Waals surface area (Å²) in [5.74, 6) is -0.452. The number of allylic oxidation sites excluding steroid dienone is 4. The molecule has 2 aliphatic rings.